The second-order valence-electron chi connectivity index (χ2n) is 12.9. The largest absolute Gasteiger partial charge is 0.417 e. The summed E-state index contributed by atoms with van der Waals surface area (Å²) in [6, 6.07) is 11.6. The molecule has 1 aliphatic rings. The molecule has 0 spiro atoms. The van der Waals surface area contributed by atoms with E-state index in [1.54, 1.807) is 26.0 Å². The lowest BCUT2D eigenvalue weighted by molar-refractivity contribution is -0.138. The first kappa shape index (κ1) is 35.3. The van der Waals surface area contributed by atoms with E-state index in [1.165, 1.54) is 12.1 Å². The van der Waals surface area contributed by atoms with Crippen LogP contribution >= 0.6 is 7.80 Å². The molecule has 4 nitrogen and oxygen atoms in total. The smallest absolute Gasteiger partial charge is 0.318 e. The van der Waals surface area contributed by atoms with Gasteiger partial charge in [0.25, 0.3) is 0 Å². The van der Waals surface area contributed by atoms with Crippen LogP contribution in [0.4, 0.5) is 26.3 Å². The third-order valence-electron chi connectivity index (χ3n) is 8.72. The van der Waals surface area contributed by atoms with Crippen LogP contribution in [0, 0.1) is 25.7 Å². The van der Waals surface area contributed by atoms with Crippen molar-refractivity contribution in [2.75, 3.05) is 0 Å². The van der Waals surface area contributed by atoms with Gasteiger partial charge in [0, 0.05) is 34.2 Å². The van der Waals surface area contributed by atoms with Crippen molar-refractivity contribution in [3.05, 3.63) is 105 Å². The fourth-order valence-electron chi connectivity index (χ4n) is 6.47. The molecule has 1 fully saturated rings. The Morgan fingerprint density at radius 2 is 1.09 bits per heavy atom. The van der Waals surface area contributed by atoms with Crippen LogP contribution < -0.4 is 0 Å². The molecule has 246 valence electrons. The maximum Gasteiger partial charge on any atom is 0.417 e. The Morgan fingerprint density at radius 3 is 1.46 bits per heavy atom. The number of rotatable bonds is 7. The van der Waals surface area contributed by atoms with E-state index in [0.717, 1.165) is 42.0 Å². The number of carbonyl (C=O) groups is 3. The second kappa shape index (κ2) is 12.9. The Morgan fingerprint density at radius 1 is 0.696 bits per heavy atom. The van der Waals surface area contributed by atoms with Gasteiger partial charge in [-0.25, -0.2) is 0 Å². The lowest BCUT2D eigenvalue weighted by atomic mass is 9.73. The van der Waals surface area contributed by atoms with E-state index in [9.17, 15) is 45.3 Å². The van der Waals surface area contributed by atoms with Gasteiger partial charge < -0.3 is 4.57 Å². The zero-order chi connectivity index (χ0) is 34.4. The van der Waals surface area contributed by atoms with Crippen LogP contribution in [0.25, 0.3) is 0 Å². The minimum absolute atomic E-state index is 0.0906. The average Bonchev–Trinajstić information content (AvgIpc) is 2.97. The number of carbonyl (C=O) groups excluding carboxylic acids is 3. The number of benzene rings is 3. The molecular formula is C35H35F6O4P. The van der Waals surface area contributed by atoms with Crippen LogP contribution in [0.5, 0.6) is 0 Å². The summed E-state index contributed by atoms with van der Waals surface area (Å²) < 4.78 is 98.1. The lowest BCUT2D eigenvalue weighted by Gasteiger charge is -2.37. The van der Waals surface area contributed by atoms with Crippen LogP contribution in [0.3, 0.4) is 0 Å². The van der Waals surface area contributed by atoms with Crippen LogP contribution in [-0.2, 0) is 22.3 Å². The summed E-state index contributed by atoms with van der Waals surface area (Å²) in [6.07, 6.45) is -9.92. The van der Waals surface area contributed by atoms with Crippen molar-refractivity contribution < 1.29 is 45.3 Å². The van der Waals surface area contributed by atoms with E-state index in [-0.39, 0.29) is 30.2 Å². The van der Waals surface area contributed by atoms with E-state index in [2.05, 4.69) is 0 Å². The van der Waals surface area contributed by atoms with Gasteiger partial charge >= 0.3 is 12.4 Å². The monoisotopic (exact) mass is 664 g/mol. The molecule has 11 heteroatoms. The predicted molar refractivity (Wildman–Crippen MR) is 164 cm³/mol. The van der Waals surface area contributed by atoms with Gasteiger partial charge in [0.15, 0.2) is 11.6 Å². The molecule has 46 heavy (non-hydrogen) atoms. The standard InChI is InChI=1S/C35H35F6O4P/c1-19-17-21(33(3,4)5)18-20(2)28(19)32(44)46(45)31-24(29(42)22-11-6-8-15-26(22)34(36,37)38)13-10-14-25(31)30(43)23-12-7-9-16-27(23)35(39,40)41/h6-9,11-12,15-18,24-25,31,46H,10,13-14H2,1-5H3. The first-order valence-corrected chi connectivity index (χ1v) is 16.3. The molecule has 0 amide bonds. The molecule has 3 unspecified atom stereocenters. The summed E-state index contributed by atoms with van der Waals surface area (Å²) in [4.78, 5) is 41.9. The van der Waals surface area contributed by atoms with Crippen molar-refractivity contribution in [3.8, 4) is 0 Å². The normalized spacial score (nSPS) is 19.8. The second-order valence-corrected chi connectivity index (χ2v) is 14.8. The minimum atomic E-state index is -4.92. The molecule has 3 atom stereocenters. The summed E-state index contributed by atoms with van der Waals surface area (Å²) >= 11 is 0. The topological polar surface area (TPSA) is 68.3 Å². The highest BCUT2D eigenvalue weighted by molar-refractivity contribution is 7.65. The van der Waals surface area contributed by atoms with E-state index >= 15 is 0 Å². The summed E-state index contributed by atoms with van der Waals surface area (Å²) in [6.45, 7) is 9.21. The summed E-state index contributed by atoms with van der Waals surface area (Å²) in [7, 11) is -3.70. The molecule has 0 bridgehead atoms. The number of aryl methyl sites for hydroxylation is 2. The van der Waals surface area contributed by atoms with Crippen molar-refractivity contribution in [1.29, 1.82) is 0 Å². The fourth-order valence-corrected chi connectivity index (χ4v) is 8.78. The fraction of sp³-hybridized carbons (Fsp3) is 0.400. The summed E-state index contributed by atoms with van der Waals surface area (Å²) in [5.41, 5.74) is -4.67. The molecule has 1 aliphatic carbocycles. The van der Waals surface area contributed by atoms with Gasteiger partial charge in [0.1, 0.15) is 7.80 Å². The van der Waals surface area contributed by atoms with Gasteiger partial charge in [-0.3, -0.25) is 14.4 Å². The number of alkyl halides is 6. The van der Waals surface area contributed by atoms with E-state index < -0.39 is 77.0 Å². The Kier molecular flexibility index (Phi) is 9.94. The van der Waals surface area contributed by atoms with E-state index in [0.29, 0.717) is 11.1 Å². The molecule has 0 aromatic heterocycles. The maximum atomic E-state index is 14.4. The van der Waals surface area contributed by atoms with Crippen molar-refractivity contribution >= 4 is 24.9 Å². The molecule has 3 aromatic rings. The van der Waals surface area contributed by atoms with Crippen LogP contribution in [0.1, 0.15) is 98.9 Å². The summed E-state index contributed by atoms with van der Waals surface area (Å²) in [5.74, 6) is -5.06. The number of halogens is 6. The average molecular weight is 665 g/mol. The van der Waals surface area contributed by atoms with Crippen molar-refractivity contribution in [1.82, 2.24) is 0 Å². The number of hydrogen-bond donors (Lipinski definition) is 0. The zero-order valence-corrected chi connectivity index (χ0v) is 27.0. The highest BCUT2D eigenvalue weighted by Crippen LogP contribution is 2.51. The quantitative estimate of drug-likeness (QED) is 0.143. The highest BCUT2D eigenvalue weighted by atomic mass is 31.1. The summed E-state index contributed by atoms with van der Waals surface area (Å²) in [5, 5.41) is 0. The van der Waals surface area contributed by atoms with Gasteiger partial charge in [-0.05, 0) is 60.9 Å². The van der Waals surface area contributed by atoms with Gasteiger partial charge in [0.2, 0.25) is 5.52 Å². The van der Waals surface area contributed by atoms with E-state index in [4.69, 9.17) is 0 Å². The molecule has 0 heterocycles. The van der Waals surface area contributed by atoms with Crippen LogP contribution in [0.2, 0.25) is 0 Å². The van der Waals surface area contributed by atoms with Crippen molar-refractivity contribution in [2.45, 2.75) is 77.3 Å². The van der Waals surface area contributed by atoms with Gasteiger partial charge in [-0.2, -0.15) is 26.3 Å². The third kappa shape index (κ3) is 7.07. The molecule has 0 N–H and O–H groups in total. The number of ketones is 2. The van der Waals surface area contributed by atoms with Crippen molar-refractivity contribution in [2.24, 2.45) is 11.8 Å². The Labute approximate surface area is 264 Å². The molecule has 1 saturated carbocycles. The maximum absolute atomic E-state index is 14.4. The van der Waals surface area contributed by atoms with Crippen molar-refractivity contribution in [3.63, 3.8) is 0 Å². The molecule has 3 aromatic carbocycles. The molecule has 0 radical (unpaired) electrons. The van der Waals surface area contributed by atoms with Crippen LogP contribution in [0.15, 0.2) is 60.7 Å². The first-order chi connectivity index (χ1) is 21.2. The zero-order valence-electron chi connectivity index (χ0n) is 26.0. The Balaban J connectivity index is 1.88. The van der Waals surface area contributed by atoms with Crippen LogP contribution in [-0.4, -0.2) is 22.7 Å². The SMILES string of the molecule is Cc1cc(C(C)(C)C)cc(C)c1C(=O)[PH](=O)C1C(C(=O)c2ccccc2C(F)(F)F)CCCC1C(=O)c1ccccc1C(F)(F)F. The molecule has 0 aliphatic heterocycles. The number of Topliss-reactive ketones (excluding diaryl/α,β-unsaturated/α-hetero) is 2. The van der Waals surface area contributed by atoms with Gasteiger partial charge in [0.05, 0.1) is 11.1 Å². The Bertz CT molecular complexity index is 1600. The first-order valence-electron chi connectivity index (χ1n) is 14.9. The third-order valence-corrected chi connectivity index (χ3v) is 10.8. The lowest BCUT2D eigenvalue weighted by Crippen LogP contribution is -2.41. The van der Waals surface area contributed by atoms with Gasteiger partial charge in [-0.1, -0.05) is 75.7 Å². The molecule has 4 rings (SSSR count). The number of hydrogen-bond acceptors (Lipinski definition) is 4. The Hall–Kier alpha value is -3.52. The predicted octanol–water partition coefficient (Wildman–Crippen LogP) is 9.89. The molecular weight excluding hydrogens is 629 g/mol. The van der Waals surface area contributed by atoms with E-state index in [1.807, 2.05) is 20.8 Å². The molecule has 0 saturated heterocycles. The highest BCUT2D eigenvalue weighted by Gasteiger charge is 2.49. The van der Waals surface area contributed by atoms with Gasteiger partial charge in [-0.15, -0.1) is 0 Å². The minimum Gasteiger partial charge on any atom is -0.318 e.